The zero-order chi connectivity index (χ0) is 13.7. The van der Waals surface area contributed by atoms with Crippen LogP contribution < -0.4 is 10.4 Å². The lowest BCUT2D eigenvalue weighted by molar-refractivity contribution is -0.344. The van der Waals surface area contributed by atoms with Gasteiger partial charge in [0.1, 0.15) is 5.97 Å². The molecule has 2 nitrogen and oxygen atoms in total. The van der Waals surface area contributed by atoms with Crippen LogP contribution in [0.25, 0.3) is 0 Å². The molecule has 0 amide bonds. The van der Waals surface area contributed by atoms with Crippen LogP contribution in [-0.4, -0.2) is 32.1 Å². The zero-order valence-electron chi connectivity index (χ0n) is 9.78. The molecule has 0 aliphatic carbocycles. The highest BCUT2D eigenvalue weighted by Gasteiger charge is 2.28. The number of aliphatic carboxylic acids is 1. The Labute approximate surface area is 98.8 Å². The second kappa shape index (κ2) is 6.01. The van der Waals surface area contributed by atoms with Crippen molar-refractivity contribution in [3.63, 3.8) is 0 Å². The Hall–Kier alpha value is -1.09. The van der Waals surface area contributed by atoms with Gasteiger partial charge in [-0.3, -0.25) is 0 Å². The van der Waals surface area contributed by atoms with Crippen molar-refractivity contribution in [1.29, 1.82) is 0 Å². The molecule has 17 heavy (non-hydrogen) atoms. The van der Waals surface area contributed by atoms with Crippen molar-refractivity contribution < 1.29 is 23.1 Å². The molecule has 0 atom stereocenters. The summed E-state index contributed by atoms with van der Waals surface area (Å²) in [6.45, 7) is 7.01. The average molecular weight is 266 g/mol. The molecule has 0 aromatic heterocycles. The van der Waals surface area contributed by atoms with Crippen LogP contribution in [0.4, 0.5) is 13.2 Å². The normalized spacial score (nSPS) is 11.4. The Balaban J connectivity index is 0.000000325. The molecule has 0 fully saturated rings. The van der Waals surface area contributed by atoms with Gasteiger partial charge in [-0.25, -0.2) is 0 Å². The van der Waals surface area contributed by atoms with E-state index in [0.717, 1.165) is 0 Å². The maximum absolute atomic E-state index is 10.5. The number of carboxylic acid groups (broad SMARTS) is 1. The summed E-state index contributed by atoms with van der Waals surface area (Å²) in [5, 5.41) is 10.3. The summed E-state index contributed by atoms with van der Waals surface area (Å²) in [6.07, 6.45) is -5.19. The molecule has 0 spiro atoms. The van der Waals surface area contributed by atoms with Gasteiger partial charge >= 0.3 is 6.18 Å². The third kappa shape index (κ3) is 6.95. The monoisotopic (exact) mass is 266 g/mol. The van der Waals surface area contributed by atoms with Gasteiger partial charge in [-0.05, 0) is 12.1 Å². The smallest absolute Gasteiger partial charge is 0.430 e. The number of alkyl halides is 3. The number of hydrogen-bond acceptors (Lipinski definition) is 2. The summed E-state index contributed by atoms with van der Waals surface area (Å²) in [4.78, 5) is 8.78. The first-order valence-electron chi connectivity index (χ1n) is 4.70. The minimum Gasteiger partial charge on any atom is -0.542 e. The molecule has 0 saturated carbocycles. The third-order valence-electron chi connectivity index (χ3n) is 1.76. The van der Waals surface area contributed by atoms with E-state index >= 15 is 0 Å². The van der Waals surface area contributed by atoms with E-state index in [1.165, 1.54) is 5.30 Å². The van der Waals surface area contributed by atoms with Crippen molar-refractivity contribution in [3.05, 3.63) is 30.3 Å². The summed E-state index contributed by atoms with van der Waals surface area (Å²) in [5.41, 5.74) is 0. The number of hydrogen-bond donors (Lipinski definition) is 0. The predicted octanol–water partition coefficient (Wildman–Crippen LogP) is 1.52. The number of carbonyl (C=O) groups excluding carboxylic acids is 1. The van der Waals surface area contributed by atoms with Crippen LogP contribution >= 0.6 is 7.26 Å². The Bertz CT molecular complexity index is 355. The fourth-order valence-corrected chi connectivity index (χ4v) is 1.94. The number of halogens is 3. The molecule has 1 rings (SSSR count). The molecule has 0 radical (unpaired) electrons. The van der Waals surface area contributed by atoms with E-state index in [4.69, 9.17) is 9.90 Å². The van der Waals surface area contributed by atoms with Gasteiger partial charge in [-0.2, -0.15) is 13.2 Å². The first-order chi connectivity index (χ1) is 7.55. The van der Waals surface area contributed by atoms with Crippen molar-refractivity contribution in [2.24, 2.45) is 0 Å². The number of benzene rings is 1. The van der Waals surface area contributed by atoms with Gasteiger partial charge in [-0.1, -0.05) is 18.2 Å². The van der Waals surface area contributed by atoms with E-state index in [1.54, 1.807) is 0 Å². The average Bonchev–Trinajstić information content (AvgIpc) is 2.17. The lowest BCUT2D eigenvalue weighted by atomic mass is 10.4. The SMILES string of the molecule is C[P+](C)(C)c1ccccc1.O=C([O-])C(F)(F)F. The third-order valence-corrected chi connectivity index (χ3v) is 3.61. The summed E-state index contributed by atoms with van der Waals surface area (Å²) < 4.78 is 31.5. The van der Waals surface area contributed by atoms with Crippen molar-refractivity contribution in [3.8, 4) is 0 Å². The topological polar surface area (TPSA) is 40.1 Å². The van der Waals surface area contributed by atoms with Crippen molar-refractivity contribution >= 4 is 18.5 Å². The molecular weight excluding hydrogens is 252 g/mol. The van der Waals surface area contributed by atoms with E-state index < -0.39 is 19.4 Å². The van der Waals surface area contributed by atoms with Crippen LogP contribution in [0.3, 0.4) is 0 Å². The van der Waals surface area contributed by atoms with Crippen LogP contribution in [0.5, 0.6) is 0 Å². The first-order valence-corrected chi connectivity index (χ1v) is 7.83. The number of carbonyl (C=O) groups is 1. The van der Waals surface area contributed by atoms with E-state index in [0.29, 0.717) is 0 Å². The zero-order valence-corrected chi connectivity index (χ0v) is 10.7. The van der Waals surface area contributed by atoms with Gasteiger partial charge in [0.15, 0.2) is 0 Å². The highest BCUT2D eigenvalue weighted by molar-refractivity contribution is 7.80. The first kappa shape index (κ1) is 15.9. The molecule has 0 unspecified atom stereocenters. The van der Waals surface area contributed by atoms with Gasteiger partial charge in [0, 0.05) is 7.26 Å². The predicted molar refractivity (Wildman–Crippen MR) is 61.8 cm³/mol. The molecule has 1 aromatic carbocycles. The van der Waals surface area contributed by atoms with Crippen molar-refractivity contribution in [2.45, 2.75) is 6.18 Å². The molecule has 0 heterocycles. The molecule has 0 saturated heterocycles. The standard InChI is InChI=1S/C9H14P.C2HF3O2/c1-10(2,3)9-7-5-4-6-8-9;3-2(4,5)1(6)7/h4-8H,1-3H3;(H,6,7)/q+1;/p-1. The number of carboxylic acids is 1. The van der Waals surface area contributed by atoms with Gasteiger partial charge in [0.05, 0.1) is 25.3 Å². The maximum atomic E-state index is 10.5. The molecule has 1 aromatic rings. The van der Waals surface area contributed by atoms with Crippen LogP contribution in [0.2, 0.25) is 0 Å². The molecule has 96 valence electrons. The van der Waals surface area contributed by atoms with E-state index in [9.17, 15) is 13.2 Å². The Morgan fingerprint density at radius 1 is 1.12 bits per heavy atom. The Morgan fingerprint density at radius 2 is 1.47 bits per heavy atom. The molecule has 0 bridgehead atoms. The van der Waals surface area contributed by atoms with E-state index in [-0.39, 0.29) is 0 Å². The Morgan fingerprint density at radius 3 is 1.65 bits per heavy atom. The van der Waals surface area contributed by atoms with Crippen LogP contribution in [0.15, 0.2) is 30.3 Å². The van der Waals surface area contributed by atoms with Crippen molar-refractivity contribution in [2.75, 3.05) is 20.0 Å². The quantitative estimate of drug-likeness (QED) is 0.723. The van der Waals surface area contributed by atoms with E-state index in [1.807, 2.05) is 0 Å². The minimum atomic E-state index is -5.19. The van der Waals surface area contributed by atoms with Gasteiger partial charge in [-0.15, -0.1) is 0 Å². The summed E-state index contributed by atoms with van der Waals surface area (Å²) in [7, 11) is -0.768. The van der Waals surface area contributed by atoms with Gasteiger partial charge < -0.3 is 9.90 Å². The van der Waals surface area contributed by atoms with Crippen LogP contribution in [0, 0.1) is 0 Å². The molecule has 6 heteroatoms. The Kier molecular flexibility index (Phi) is 5.62. The summed E-state index contributed by atoms with van der Waals surface area (Å²) >= 11 is 0. The maximum Gasteiger partial charge on any atom is 0.430 e. The van der Waals surface area contributed by atoms with Gasteiger partial charge in [0.25, 0.3) is 0 Å². The second-order valence-electron chi connectivity index (χ2n) is 4.13. The number of rotatable bonds is 1. The summed E-state index contributed by atoms with van der Waals surface area (Å²) in [6, 6.07) is 10.7. The van der Waals surface area contributed by atoms with E-state index in [2.05, 4.69) is 50.3 Å². The molecule has 0 aliphatic heterocycles. The van der Waals surface area contributed by atoms with Crippen LogP contribution in [0.1, 0.15) is 0 Å². The second-order valence-corrected chi connectivity index (χ2v) is 8.67. The molecule has 0 aliphatic rings. The minimum absolute atomic E-state index is 0.768. The lowest BCUT2D eigenvalue weighted by Gasteiger charge is -2.10. The largest absolute Gasteiger partial charge is 0.542 e. The highest BCUT2D eigenvalue weighted by atomic mass is 31.2. The lowest BCUT2D eigenvalue weighted by Crippen LogP contribution is -2.37. The molecular formula is C11H14F3O2P. The van der Waals surface area contributed by atoms with Crippen LogP contribution in [-0.2, 0) is 4.79 Å². The summed E-state index contributed by atoms with van der Waals surface area (Å²) in [5.74, 6) is -3.01. The fraction of sp³-hybridized carbons (Fsp3) is 0.364. The fourth-order valence-electron chi connectivity index (χ4n) is 0.875. The van der Waals surface area contributed by atoms with Gasteiger partial charge in [0.2, 0.25) is 0 Å². The highest BCUT2D eigenvalue weighted by Crippen LogP contribution is 2.44. The van der Waals surface area contributed by atoms with Crippen molar-refractivity contribution in [1.82, 2.24) is 0 Å². The molecule has 0 N–H and O–H groups in total.